The fraction of sp³-hybridized carbons (Fsp3) is 0.500. The molecule has 14 heteroatoms. The number of carbonyl (C=O) groups is 2. The molecule has 0 aliphatic carbocycles. The molecular formula is C22H24F6N6O2. The van der Waals surface area contributed by atoms with Crippen LogP contribution in [0.2, 0.25) is 0 Å². The summed E-state index contributed by atoms with van der Waals surface area (Å²) < 4.78 is 82.9. The summed E-state index contributed by atoms with van der Waals surface area (Å²) in [6.07, 6.45) is -5.58. The molecule has 4 rings (SSSR count). The first kappa shape index (κ1) is 26.1. The minimum absolute atomic E-state index is 0.0758. The molecule has 1 aromatic carbocycles. The lowest BCUT2D eigenvalue weighted by molar-refractivity contribution is -0.142. The molecular weight excluding hydrogens is 494 g/mol. The zero-order chi connectivity index (χ0) is 26.2. The number of imidazole rings is 1. The molecule has 8 nitrogen and oxygen atoms in total. The molecule has 0 radical (unpaired) electrons. The van der Waals surface area contributed by atoms with Gasteiger partial charge in [-0.3, -0.25) is 9.59 Å². The highest BCUT2D eigenvalue weighted by Crippen LogP contribution is 2.35. The summed E-state index contributed by atoms with van der Waals surface area (Å²) in [5, 5.41) is 5.80. The van der Waals surface area contributed by atoms with Crippen molar-refractivity contribution in [3.8, 4) is 0 Å². The molecule has 2 aliphatic rings. The van der Waals surface area contributed by atoms with Crippen LogP contribution in [-0.4, -0.2) is 64.9 Å². The molecule has 2 atom stereocenters. The van der Waals surface area contributed by atoms with Gasteiger partial charge in [0.1, 0.15) is 11.9 Å². The van der Waals surface area contributed by atoms with Crippen LogP contribution < -0.4 is 16.4 Å². The maximum atomic E-state index is 14.0. The number of hydrogen-bond donors (Lipinski definition) is 3. The zero-order valence-electron chi connectivity index (χ0n) is 19.0. The van der Waals surface area contributed by atoms with Crippen molar-refractivity contribution >= 4 is 11.7 Å². The smallest absolute Gasteiger partial charge is 0.333 e. The Labute approximate surface area is 201 Å². The predicted octanol–water partition coefficient (Wildman–Crippen LogP) is 1.54. The van der Waals surface area contributed by atoms with E-state index >= 15 is 0 Å². The van der Waals surface area contributed by atoms with Gasteiger partial charge in [-0.25, -0.2) is 18.2 Å². The number of nitrogens with zero attached hydrogens (tertiary/aromatic N) is 3. The van der Waals surface area contributed by atoms with Crippen LogP contribution in [0.15, 0.2) is 12.1 Å². The fourth-order valence-electron chi connectivity index (χ4n) is 4.50. The number of aromatic nitrogens is 2. The van der Waals surface area contributed by atoms with Crippen molar-refractivity contribution in [2.75, 3.05) is 32.7 Å². The third-order valence-corrected chi connectivity index (χ3v) is 6.22. The Morgan fingerprint density at radius 1 is 1.08 bits per heavy atom. The van der Waals surface area contributed by atoms with Crippen molar-refractivity contribution in [3.63, 3.8) is 0 Å². The highest BCUT2D eigenvalue weighted by atomic mass is 19.4. The monoisotopic (exact) mass is 518 g/mol. The van der Waals surface area contributed by atoms with Crippen LogP contribution in [0.1, 0.15) is 40.0 Å². The molecule has 1 amide bonds. The van der Waals surface area contributed by atoms with Crippen molar-refractivity contribution in [1.29, 1.82) is 0 Å². The lowest BCUT2D eigenvalue weighted by atomic mass is 9.97. The van der Waals surface area contributed by atoms with Gasteiger partial charge in [-0.1, -0.05) is 0 Å². The Bertz CT molecular complexity index is 1160. The highest BCUT2D eigenvalue weighted by Gasteiger charge is 2.44. The molecule has 0 saturated carbocycles. The summed E-state index contributed by atoms with van der Waals surface area (Å²) in [5.41, 5.74) is 4.13. The first-order chi connectivity index (χ1) is 17.0. The van der Waals surface area contributed by atoms with Crippen LogP contribution in [0.5, 0.6) is 0 Å². The number of nitrogens with two attached hydrogens (primary N) is 1. The molecule has 0 spiro atoms. The van der Waals surface area contributed by atoms with Gasteiger partial charge in [0.05, 0.1) is 5.69 Å². The Morgan fingerprint density at radius 2 is 1.75 bits per heavy atom. The van der Waals surface area contributed by atoms with Gasteiger partial charge in [-0.2, -0.15) is 13.2 Å². The van der Waals surface area contributed by atoms with Crippen LogP contribution in [-0.2, 0) is 23.9 Å². The van der Waals surface area contributed by atoms with Crippen LogP contribution in [0.4, 0.5) is 26.3 Å². The number of fused-ring (bicyclic) bond motifs is 1. The standard InChI is InChI=1S/C22H24F6N6O2/c23-13-8-15(25)14(24)6-11(13)5-12(29)7-18(35)16-9-31-10-17-19(22(26,27)28)32-20(34(16)17)21(36)33-3-1-30-2-4-33/h6,8,12,16,30-31H,1-5,7,9-10,29H2. The first-order valence-electron chi connectivity index (χ1n) is 11.3. The zero-order valence-corrected chi connectivity index (χ0v) is 19.0. The maximum absolute atomic E-state index is 14.0. The van der Waals surface area contributed by atoms with Crippen LogP contribution in [0, 0.1) is 17.5 Å². The summed E-state index contributed by atoms with van der Waals surface area (Å²) in [5.74, 6) is -5.50. The number of Topliss-reactive ketones (excluding diaryl/α,β-unsaturated/α-hetero) is 1. The average molecular weight is 518 g/mol. The number of rotatable bonds is 6. The van der Waals surface area contributed by atoms with E-state index in [1.807, 2.05) is 0 Å². The van der Waals surface area contributed by atoms with E-state index in [1.54, 1.807) is 0 Å². The molecule has 0 bridgehead atoms. The lowest BCUT2D eigenvalue weighted by Gasteiger charge is -2.31. The Hall–Kier alpha value is -2.97. The van der Waals surface area contributed by atoms with Gasteiger partial charge in [-0.15, -0.1) is 0 Å². The van der Waals surface area contributed by atoms with Crippen LogP contribution >= 0.6 is 0 Å². The molecule has 1 aromatic heterocycles. The average Bonchev–Trinajstić information content (AvgIpc) is 3.23. The van der Waals surface area contributed by atoms with Crippen molar-refractivity contribution in [1.82, 2.24) is 25.1 Å². The molecule has 2 unspecified atom stereocenters. The molecule has 3 heterocycles. The molecule has 36 heavy (non-hydrogen) atoms. The second-order valence-electron chi connectivity index (χ2n) is 8.78. The highest BCUT2D eigenvalue weighted by molar-refractivity contribution is 5.93. The summed E-state index contributed by atoms with van der Waals surface area (Å²) in [6.45, 7) is 1.13. The van der Waals surface area contributed by atoms with E-state index in [2.05, 4.69) is 15.6 Å². The maximum Gasteiger partial charge on any atom is 0.435 e. The second kappa shape index (κ2) is 10.2. The van der Waals surface area contributed by atoms with E-state index in [1.165, 1.54) is 4.90 Å². The van der Waals surface area contributed by atoms with Crippen molar-refractivity contribution in [2.45, 2.75) is 37.6 Å². The Balaban J connectivity index is 1.61. The van der Waals surface area contributed by atoms with Gasteiger partial charge in [0.2, 0.25) is 5.82 Å². The van der Waals surface area contributed by atoms with Gasteiger partial charge in [0, 0.05) is 57.8 Å². The summed E-state index contributed by atoms with van der Waals surface area (Å²) >= 11 is 0. The van der Waals surface area contributed by atoms with E-state index in [4.69, 9.17) is 5.73 Å². The lowest BCUT2D eigenvalue weighted by Crippen LogP contribution is -2.48. The number of benzene rings is 1. The number of piperazine rings is 1. The van der Waals surface area contributed by atoms with E-state index in [0.29, 0.717) is 25.2 Å². The molecule has 2 aliphatic heterocycles. The van der Waals surface area contributed by atoms with Crippen molar-refractivity contribution < 1.29 is 35.9 Å². The van der Waals surface area contributed by atoms with Crippen LogP contribution in [0.25, 0.3) is 0 Å². The minimum atomic E-state index is -4.85. The molecule has 1 fully saturated rings. The first-order valence-corrected chi connectivity index (χ1v) is 11.3. The van der Waals surface area contributed by atoms with Gasteiger partial charge >= 0.3 is 6.18 Å². The summed E-state index contributed by atoms with van der Waals surface area (Å²) in [4.78, 5) is 31.3. The molecule has 4 N–H and O–H groups in total. The number of nitrogens with one attached hydrogen (secondary N) is 2. The number of ketones is 1. The predicted molar refractivity (Wildman–Crippen MR) is 114 cm³/mol. The van der Waals surface area contributed by atoms with Crippen LogP contribution in [0.3, 0.4) is 0 Å². The molecule has 196 valence electrons. The fourth-order valence-corrected chi connectivity index (χ4v) is 4.50. The summed E-state index contributed by atoms with van der Waals surface area (Å²) in [7, 11) is 0. The van der Waals surface area contributed by atoms with Gasteiger partial charge in [0.15, 0.2) is 23.1 Å². The molecule has 2 aromatic rings. The Kier molecular flexibility index (Phi) is 7.38. The van der Waals surface area contributed by atoms with Crippen molar-refractivity contribution in [2.24, 2.45) is 5.73 Å². The number of hydrogen-bond acceptors (Lipinski definition) is 6. The second-order valence-corrected chi connectivity index (χ2v) is 8.78. The number of halogens is 6. The van der Waals surface area contributed by atoms with Crippen molar-refractivity contribution in [3.05, 3.63) is 52.4 Å². The van der Waals surface area contributed by atoms with Gasteiger partial charge < -0.3 is 25.8 Å². The third kappa shape index (κ3) is 5.25. The number of alkyl halides is 3. The minimum Gasteiger partial charge on any atom is -0.333 e. The topological polar surface area (TPSA) is 105 Å². The van der Waals surface area contributed by atoms with E-state index in [0.717, 1.165) is 4.57 Å². The van der Waals surface area contributed by atoms with Gasteiger partial charge in [0.25, 0.3) is 5.91 Å². The Morgan fingerprint density at radius 3 is 2.42 bits per heavy atom. The number of amides is 1. The largest absolute Gasteiger partial charge is 0.435 e. The SMILES string of the molecule is NC(CC(=O)C1CNCc2c(C(F)(F)F)nc(C(=O)N3CCNCC3)n21)Cc1cc(F)c(F)cc1F. The third-order valence-electron chi connectivity index (χ3n) is 6.22. The normalized spacial score (nSPS) is 19.2. The van der Waals surface area contributed by atoms with E-state index in [-0.39, 0.29) is 43.9 Å². The quantitative estimate of drug-likeness (QED) is 0.396. The van der Waals surface area contributed by atoms with E-state index in [9.17, 15) is 35.9 Å². The van der Waals surface area contributed by atoms with E-state index < -0.39 is 65.3 Å². The summed E-state index contributed by atoms with van der Waals surface area (Å²) in [6, 6.07) is -1.25. The number of carbonyl (C=O) groups excluding carboxylic acids is 2. The van der Waals surface area contributed by atoms with Gasteiger partial charge in [-0.05, 0) is 18.1 Å². The molecule has 1 saturated heterocycles.